The van der Waals surface area contributed by atoms with E-state index in [1.807, 2.05) is 49.5 Å². The zero-order valence-electron chi connectivity index (χ0n) is 10.9. The van der Waals surface area contributed by atoms with Crippen molar-refractivity contribution in [2.45, 2.75) is 13.2 Å². The third kappa shape index (κ3) is 3.34. The lowest BCUT2D eigenvalue weighted by molar-refractivity contribution is 0.282. The van der Waals surface area contributed by atoms with Crippen LogP contribution in [-0.2, 0) is 13.2 Å². The van der Waals surface area contributed by atoms with Crippen molar-refractivity contribution >= 4 is 5.69 Å². The lowest BCUT2D eigenvalue weighted by atomic mass is 10.1. The minimum absolute atomic E-state index is 0.0637. The van der Waals surface area contributed by atoms with Gasteiger partial charge in [0.1, 0.15) is 0 Å². The van der Waals surface area contributed by atoms with Crippen LogP contribution >= 0.6 is 0 Å². The molecule has 3 nitrogen and oxygen atoms in total. The first-order valence-corrected chi connectivity index (χ1v) is 6.13. The molecule has 0 amide bonds. The van der Waals surface area contributed by atoms with Gasteiger partial charge in [0.05, 0.1) is 18.2 Å². The van der Waals surface area contributed by atoms with Crippen LogP contribution in [0.25, 0.3) is 0 Å². The molecule has 2 rings (SSSR count). The van der Waals surface area contributed by atoms with Crippen LogP contribution in [0.4, 0.5) is 5.69 Å². The first-order valence-electron chi connectivity index (χ1n) is 6.13. The van der Waals surface area contributed by atoms with Gasteiger partial charge < -0.3 is 10.0 Å². The maximum atomic E-state index is 9.02. The molecule has 0 aliphatic rings. The van der Waals surface area contributed by atoms with Crippen LogP contribution < -0.4 is 4.90 Å². The Bertz CT molecular complexity index is 584. The molecule has 0 saturated carbocycles. The molecule has 0 bridgehead atoms. The number of benzene rings is 2. The number of nitriles is 1. The fraction of sp³-hybridized carbons (Fsp3) is 0.188. The highest BCUT2D eigenvalue weighted by atomic mass is 16.3. The number of aliphatic hydroxyl groups is 1. The Morgan fingerprint density at radius 1 is 1.11 bits per heavy atom. The minimum atomic E-state index is 0.0637. The minimum Gasteiger partial charge on any atom is -0.392 e. The van der Waals surface area contributed by atoms with Gasteiger partial charge in [0.15, 0.2) is 0 Å². The molecule has 0 aliphatic carbocycles. The molecule has 0 atom stereocenters. The average molecular weight is 252 g/mol. The molecule has 0 aliphatic heterocycles. The van der Waals surface area contributed by atoms with E-state index in [0.29, 0.717) is 5.56 Å². The SMILES string of the molecule is CN(Cc1cccc(C#N)c1)c1ccc(CO)cc1. The average Bonchev–Trinajstić information content (AvgIpc) is 2.47. The summed E-state index contributed by atoms with van der Waals surface area (Å²) in [6.07, 6.45) is 0. The standard InChI is InChI=1S/C16H16N2O/c1-18(16-7-5-13(12-19)6-8-16)11-15-4-2-3-14(9-15)10-17/h2-9,19H,11-12H2,1H3. The smallest absolute Gasteiger partial charge is 0.0991 e. The van der Waals surface area contributed by atoms with Gasteiger partial charge in [-0.3, -0.25) is 0 Å². The van der Waals surface area contributed by atoms with Gasteiger partial charge in [0.25, 0.3) is 0 Å². The second-order valence-electron chi connectivity index (χ2n) is 4.49. The molecule has 0 spiro atoms. The number of anilines is 1. The van der Waals surface area contributed by atoms with Gasteiger partial charge >= 0.3 is 0 Å². The van der Waals surface area contributed by atoms with Crippen molar-refractivity contribution in [1.82, 2.24) is 0 Å². The van der Waals surface area contributed by atoms with Crippen molar-refractivity contribution in [3.63, 3.8) is 0 Å². The monoisotopic (exact) mass is 252 g/mol. The first-order chi connectivity index (χ1) is 9.22. The van der Waals surface area contributed by atoms with Crippen LogP contribution in [0.3, 0.4) is 0 Å². The molecule has 0 aromatic heterocycles. The van der Waals surface area contributed by atoms with Crippen LogP contribution in [0.15, 0.2) is 48.5 Å². The Balaban J connectivity index is 2.11. The lowest BCUT2D eigenvalue weighted by Gasteiger charge is -2.19. The van der Waals surface area contributed by atoms with Crippen molar-refractivity contribution in [1.29, 1.82) is 5.26 Å². The maximum absolute atomic E-state index is 9.02. The van der Waals surface area contributed by atoms with E-state index >= 15 is 0 Å². The summed E-state index contributed by atoms with van der Waals surface area (Å²) in [5.41, 5.74) is 3.78. The summed E-state index contributed by atoms with van der Waals surface area (Å²) in [5.74, 6) is 0. The van der Waals surface area contributed by atoms with Gasteiger partial charge in [-0.15, -0.1) is 0 Å². The summed E-state index contributed by atoms with van der Waals surface area (Å²) >= 11 is 0. The molecule has 0 radical (unpaired) electrons. The van der Waals surface area contributed by atoms with E-state index in [2.05, 4.69) is 11.0 Å². The van der Waals surface area contributed by atoms with E-state index in [4.69, 9.17) is 10.4 Å². The van der Waals surface area contributed by atoms with Gasteiger partial charge in [-0.2, -0.15) is 5.26 Å². The number of aliphatic hydroxyl groups excluding tert-OH is 1. The second-order valence-corrected chi connectivity index (χ2v) is 4.49. The summed E-state index contributed by atoms with van der Waals surface area (Å²) in [4.78, 5) is 2.11. The third-order valence-electron chi connectivity index (χ3n) is 3.04. The highest BCUT2D eigenvalue weighted by Gasteiger charge is 2.03. The van der Waals surface area contributed by atoms with Crippen molar-refractivity contribution in [3.8, 4) is 6.07 Å². The quantitative estimate of drug-likeness (QED) is 0.910. The normalized spacial score (nSPS) is 9.95. The van der Waals surface area contributed by atoms with Gasteiger partial charge in [-0.25, -0.2) is 0 Å². The van der Waals surface area contributed by atoms with Gasteiger partial charge in [-0.05, 0) is 35.4 Å². The predicted octanol–water partition coefficient (Wildman–Crippen LogP) is 2.69. The largest absolute Gasteiger partial charge is 0.392 e. The highest BCUT2D eigenvalue weighted by Crippen LogP contribution is 2.17. The van der Waals surface area contributed by atoms with E-state index in [9.17, 15) is 0 Å². The molecule has 0 unspecified atom stereocenters. The Morgan fingerprint density at radius 3 is 2.47 bits per heavy atom. The van der Waals surface area contributed by atoms with E-state index in [1.165, 1.54) is 0 Å². The topological polar surface area (TPSA) is 47.3 Å². The molecule has 3 heteroatoms. The summed E-state index contributed by atoms with van der Waals surface area (Å²) in [6.45, 7) is 0.808. The lowest BCUT2D eigenvalue weighted by Crippen LogP contribution is -2.16. The van der Waals surface area contributed by atoms with Crippen molar-refractivity contribution < 1.29 is 5.11 Å². The second kappa shape index (κ2) is 6.03. The number of hydrogen-bond acceptors (Lipinski definition) is 3. The fourth-order valence-corrected chi connectivity index (χ4v) is 1.96. The maximum Gasteiger partial charge on any atom is 0.0991 e. The van der Waals surface area contributed by atoms with Crippen LogP contribution in [0.5, 0.6) is 0 Å². The van der Waals surface area contributed by atoms with Gasteiger partial charge in [-0.1, -0.05) is 24.3 Å². The van der Waals surface area contributed by atoms with Gasteiger partial charge in [0.2, 0.25) is 0 Å². The van der Waals surface area contributed by atoms with Gasteiger partial charge in [0, 0.05) is 19.3 Å². The van der Waals surface area contributed by atoms with E-state index in [-0.39, 0.29) is 6.61 Å². The first kappa shape index (κ1) is 13.1. The van der Waals surface area contributed by atoms with Crippen molar-refractivity contribution in [2.24, 2.45) is 0 Å². The zero-order chi connectivity index (χ0) is 13.7. The molecular formula is C16H16N2O. The zero-order valence-corrected chi connectivity index (χ0v) is 10.9. The molecule has 2 aromatic carbocycles. The molecule has 0 saturated heterocycles. The predicted molar refractivity (Wildman–Crippen MR) is 75.6 cm³/mol. The highest BCUT2D eigenvalue weighted by molar-refractivity contribution is 5.47. The molecule has 0 fully saturated rings. The van der Waals surface area contributed by atoms with Crippen LogP contribution in [-0.4, -0.2) is 12.2 Å². The van der Waals surface area contributed by atoms with Crippen LogP contribution in [0.1, 0.15) is 16.7 Å². The number of nitrogens with zero attached hydrogens (tertiary/aromatic N) is 2. The third-order valence-corrected chi connectivity index (χ3v) is 3.04. The van der Waals surface area contributed by atoms with E-state index in [0.717, 1.165) is 23.4 Å². The Morgan fingerprint density at radius 2 is 1.84 bits per heavy atom. The Labute approximate surface area is 113 Å². The van der Waals surface area contributed by atoms with Crippen molar-refractivity contribution in [3.05, 3.63) is 65.2 Å². The van der Waals surface area contributed by atoms with Crippen LogP contribution in [0, 0.1) is 11.3 Å². The number of hydrogen-bond donors (Lipinski definition) is 1. The molecule has 96 valence electrons. The summed E-state index contributed by atoms with van der Waals surface area (Å²) in [6, 6.07) is 17.6. The van der Waals surface area contributed by atoms with E-state index < -0.39 is 0 Å². The fourth-order valence-electron chi connectivity index (χ4n) is 1.96. The Kier molecular flexibility index (Phi) is 4.17. The number of rotatable bonds is 4. The molecule has 19 heavy (non-hydrogen) atoms. The molecule has 1 N–H and O–H groups in total. The molecule has 0 heterocycles. The summed E-state index contributed by atoms with van der Waals surface area (Å²) < 4.78 is 0. The summed E-state index contributed by atoms with van der Waals surface area (Å²) in [5, 5.41) is 17.9. The Hall–Kier alpha value is -2.31. The van der Waals surface area contributed by atoms with Crippen LogP contribution in [0.2, 0.25) is 0 Å². The van der Waals surface area contributed by atoms with Crippen molar-refractivity contribution in [2.75, 3.05) is 11.9 Å². The summed E-state index contributed by atoms with van der Waals surface area (Å²) in [7, 11) is 2.01. The van der Waals surface area contributed by atoms with E-state index in [1.54, 1.807) is 6.07 Å². The molecule has 2 aromatic rings. The molecular weight excluding hydrogens is 236 g/mol.